The third-order valence-corrected chi connectivity index (χ3v) is 4.57. The molecule has 1 heterocycles. The molecule has 0 saturated heterocycles. The van der Waals surface area contributed by atoms with E-state index < -0.39 is 0 Å². The molecule has 1 N–H and O–H groups in total. The zero-order valence-electron chi connectivity index (χ0n) is 14.8. The SMILES string of the molecule is O=Cc1ccc(N2NC(/C=C/c3ccccc3)=C[C@H]2c2ccccc2)cc1. The molecule has 1 atom stereocenters. The Hall–Kier alpha value is -3.59. The molecule has 1 aliphatic heterocycles. The molecule has 0 saturated carbocycles. The molecule has 0 fully saturated rings. The maximum absolute atomic E-state index is 10.9. The first kappa shape index (κ1) is 16.9. The van der Waals surface area contributed by atoms with Crippen LogP contribution in [0.5, 0.6) is 0 Å². The van der Waals surface area contributed by atoms with Crippen molar-refractivity contribution >= 4 is 18.0 Å². The second kappa shape index (κ2) is 7.75. The number of nitrogens with one attached hydrogen (secondary N) is 1. The van der Waals surface area contributed by atoms with Crippen LogP contribution in [-0.4, -0.2) is 6.29 Å². The zero-order valence-corrected chi connectivity index (χ0v) is 14.8. The Morgan fingerprint density at radius 2 is 1.41 bits per heavy atom. The van der Waals surface area contributed by atoms with Crippen LogP contribution in [0.25, 0.3) is 6.08 Å². The number of carbonyl (C=O) groups is 1. The number of hydrazine groups is 1. The van der Waals surface area contributed by atoms with E-state index in [-0.39, 0.29) is 6.04 Å². The number of nitrogens with zero attached hydrogens (tertiary/aromatic N) is 1. The van der Waals surface area contributed by atoms with Gasteiger partial charge in [0.15, 0.2) is 0 Å². The summed E-state index contributed by atoms with van der Waals surface area (Å²) in [7, 11) is 0. The molecule has 3 aromatic carbocycles. The monoisotopic (exact) mass is 352 g/mol. The lowest BCUT2D eigenvalue weighted by Crippen LogP contribution is -2.34. The summed E-state index contributed by atoms with van der Waals surface area (Å²) in [6, 6.07) is 28.3. The minimum atomic E-state index is 0.0729. The van der Waals surface area contributed by atoms with Gasteiger partial charge in [-0.2, -0.15) is 0 Å². The maximum atomic E-state index is 10.9. The van der Waals surface area contributed by atoms with Gasteiger partial charge in [-0.05, 0) is 47.5 Å². The molecule has 0 spiro atoms. The largest absolute Gasteiger partial charge is 0.298 e. The van der Waals surface area contributed by atoms with E-state index in [1.165, 1.54) is 5.56 Å². The van der Waals surface area contributed by atoms with Crippen LogP contribution in [-0.2, 0) is 0 Å². The van der Waals surface area contributed by atoms with Gasteiger partial charge in [-0.3, -0.25) is 15.2 Å². The van der Waals surface area contributed by atoms with E-state index in [0.29, 0.717) is 5.56 Å². The van der Waals surface area contributed by atoms with Gasteiger partial charge in [0, 0.05) is 5.56 Å². The maximum Gasteiger partial charge on any atom is 0.150 e. The number of aldehydes is 1. The lowest BCUT2D eigenvalue weighted by Gasteiger charge is -2.27. The standard InChI is InChI=1S/C24H20N2O/c27-18-20-12-15-23(16-13-20)26-24(21-9-5-2-6-10-21)17-22(25-26)14-11-19-7-3-1-4-8-19/h1-18,24-25H/b14-11+/t24-/m0/s1. The van der Waals surface area contributed by atoms with Gasteiger partial charge in [0.2, 0.25) is 0 Å². The minimum absolute atomic E-state index is 0.0729. The number of allylic oxidation sites excluding steroid dienone is 1. The summed E-state index contributed by atoms with van der Waals surface area (Å²) in [6.45, 7) is 0. The molecule has 0 amide bonds. The average molecular weight is 352 g/mol. The van der Waals surface area contributed by atoms with Gasteiger partial charge in [0.1, 0.15) is 6.29 Å². The Morgan fingerprint density at radius 3 is 2.07 bits per heavy atom. The number of benzene rings is 3. The van der Waals surface area contributed by atoms with E-state index in [4.69, 9.17) is 0 Å². The summed E-state index contributed by atoms with van der Waals surface area (Å²) in [4.78, 5) is 10.9. The molecule has 27 heavy (non-hydrogen) atoms. The summed E-state index contributed by atoms with van der Waals surface area (Å²) in [5.41, 5.74) is 8.56. The normalized spacial score (nSPS) is 16.2. The van der Waals surface area contributed by atoms with Crippen molar-refractivity contribution in [1.82, 2.24) is 5.43 Å². The van der Waals surface area contributed by atoms with Crippen molar-refractivity contribution < 1.29 is 4.79 Å². The van der Waals surface area contributed by atoms with Crippen LogP contribution < -0.4 is 10.4 Å². The van der Waals surface area contributed by atoms with E-state index in [0.717, 1.165) is 23.2 Å². The van der Waals surface area contributed by atoms with Crippen LogP contribution in [0.1, 0.15) is 27.5 Å². The summed E-state index contributed by atoms with van der Waals surface area (Å²) in [6.07, 6.45) is 7.26. The molecule has 3 nitrogen and oxygen atoms in total. The van der Waals surface area contributed by atoms with E-state index in [1.807, 2.05) is 48.5 Å². The topological polar surface area (TPSA) is 32.3 Å². The van der Waals surface area contributed by atoms with Crippen molar-refractivity contribution in [2.24, 2.45) is 0 Å². The molecule has 0 aliphatic carbocycles. The predicted molar refractivity (Wildman–Crippen MR) is 110 cm³/mol. The zero-order chi connectivity index (χ0) is 18.5. The van der Waals surface area contributed by atoms with Gasteiger partial charge in [-0.25, -0.2) is 0 Å². The molecule has 0 aromatic heterocycles. The molecule has 0 unspecified atom stereocenters. The average Bonchev–Trinajstić information content (AvgIpc) is 3.18. The van der Waals surface area contributed by atoms with E-state index in [2.05, 4.69) is 65.1 Å². The van der Waals surface area contributed by atoms with Crippen molar-refractivity contribution in [3.05, 3.63) is 119 Å². The molecule has 132 valence electrons. The molecular weight excluding hydrogens is 332 g/mol. The minimum Gasteiger partial charge on any atom is -0.298 e. The van der Waals surface area contributed by atoms with E-state index in [1.54, 1.807) is 0 Å². The summed E-state index contributed by atoms with van der Waals surface area (Å²) >= 11 is 0. The van der Waals surface area contributed by atoms with Gasteiger partial charge < -0.3 is 0 Å². The van der Waals surface area contributed by atoms with Crippen molar-refractivity contribution in [1.29, 1.82) is 0 Å². The predicted octanol–water partition coefficient (Wildman–Crippen LogP) is 5.16. The molecule has 4 rings (SSSR count). The molecule has 3 heteroatoms. The number of hydrogen-bond acceptors (Lipinski definition) is 3. The Bertz CT molecular complexity index is 960. The van der Waals surface area contributed by atoms with Gasteiger partial charge >= 0.3 is 0 Å². The Morgan fingerprint density at radius 1 is 0.741 bits per heavy atom. The van der Waals surface area contributed by atoms with Crippen LogP contribution in [0, 0.1) is 0 Å². The molecule has 0 bridgehead atoms. The van der Waals surface area contributed by atoms with Crippen molar-refractivity contribution in [2.75, 3.05) is 5.01 Å². The van der Waals surface area contributed by atoms with Crippen molar-refractivity contribution in [2.45, 2.75) is 6.04 Å². The second-order valence-corrected chi connectivity index (χ2v) is 6.41. The van der Waals surface area contributed by atoms with Crippen LogP contribution in [0.2, 0.25) is 0 Å². The first-order valence-corrected chi connectivity index (χ1v) is 8.94. The Labute approximate surface area is 159 Å². The lowest BCUT2D eigenvalue weighted by atomic mass is 10.1. The van der Waals surface area contributed by atoms with Crippen LogP contribution >= 0.6 is 0 Å². The first-order valence-electron chi connectivity index (χ1n) is 8.94. The lowest BCUT2D eigenvalue weighted by molar-refractivity contribution is 0.112. The van der Waals surface area contributed by atoms with Gasteiger partial charge in [-0.15, -0.1) is 0 Å². The highest BCUT2D eigenvalue weighted by atomic mass is 16.1. The summed E-state index contributed by atoms with van der Waals surface area (Å²) in [5, 5.41) is 2.12. The van der Waals surface area contributed by atoms with E-state index >= 15 is 0 Å². The highest BCUT2D eigenvalue weighted by Crippen LogP contribution is 2.32. The Kier molecular flexibility index (Phi) is 4.84. The number of anilines is 1. The van der Waals surface area contributed by atoms with Crippen LogP contribution in [0.3, 0.4) is 0 Å². The third-order valence-electron chi connectivity index (χ3n) is 4.57. The summed E-state index contributed by atoms with van der Waals surface area (Å²) in [5.74, 6) is 0. The van der Waals surface area contributed by atoms with Gasteiger partial charge in [-0.1, -0.05) is 66.7 Å². The molecule has 1 aliphatic rings. The highest BCUT2D eigenvalue weighted by Gasteiger charge is 2.25. The van der Waals surface area contributed by atoms with Crippen molar-refractivity contribution in [3.8, 4) is 0 Å². The molecule has 3 aromatic rings. The number of carbonyl (C=O) groups excluding carboxylic acids is 1. The quantitative estimate of drug-likeness (QED) is 0.644. The van der Waals surface area contributed by atoms with Gasteiger partial charge in [0.05, 0.1) is 17.4 Å². The second-order valence-electron chi connectivity index (χ2n) is 6.41. The number of rotatable bonds is 5. The van der Waals surface area contributed by atoms with Crippen LogP contribution in [0.15, 0.2) is 103 Å². The number of hydrogen-bond donors (Lipinski definition) is 1. The van der Waals surface area contributed by atoms with Crippen molar-refractivity contribution in [3.63, 3.8) is 0 Å². The fourth-order valence-corrected chi connectivity index (χ4v) is 3.17. The first-order chi connectivity index (χ1) is 13.3. The summed E-state index contributed by atoms with van der Waals surface area (Å²) < 4.78 is 0. The smallest absolute Gasteiger partial charge is 0.150 e. The fraction of sp³-hybridized carbons (Fsp3) is 0.0417. The molecule has 0 radical (unpaired) electrons. The van der Waals surface area contributed by atoms with Gasteiger partial charge in [0.25, 0.3) is 0 Å². The van der Waals surface area contributed by atoms with Crippen LogP contribution in [0.4, 0.5) is 5.69 Å². The Balaban J connectivity index is 1.64. The molecular formula is C24H20N2O. The third kappa shape index (κ3) is 3.82. The van der Waals surface area contributed by atoms with E-state index in [9.17, 15) is 4.79 Å². The fourth-order valence-electron chi connectivity index (χ4n) is 3.17. The highest BCUT2D eigenvalue weighted by molar-refractivity contribution is 5.76.